The Morgan fingerprint density at radius 1 is 1.43 bits per heavy atom. The summed E-state index contributed by atoms with van der Waals surface area (Å²) in [5.74, 6) is -1.95. The summed E-state index contributed by atoms with van der Waals surface area (Å²) in [6.45, 7) is 0.888. The van der Waals surface area contributed by atoms with E-state index in [1.165, 1.54) is 4.90 Å². The van der Waals surface area contributed by atoms with Crippen molar-refractivity contribution in [2.75, 3.05) is 25.0 Å². The lowest BCUT2D eigenvalue weighted by atomic mass is 10.1. The summed E-state index contributed by atoms with van der Waals surface area (Å²) in [5.41, 5.74) is -1.61. The number of nitrogens with zero attached hydrogens (tertiary/aromatic N) is 1. The molecule has 1 atom stereocenters. The molecule has 1 aromatic carbocycles. The lowest BCUT2D eigenvalue weighted by Crippen LogP contribution is -2.46. The van der Waals surface area contributed by atoms with E-state index in [-0.39, 0.29) is 18.2 Å². The fourth-order valence-electron chi connectivity index (χ4n) is 2.06. The number of amides is 1. The summed E-state index contributed by atoms with van der Waals surface area (Å²) < 4.78 is 56.6. The first-order valence-corrected chi connectivity index (χ1v) is 7.28. The molecule has 0 spiro atoms. The van der Waals surface area contributed by atoms with E-state index in [4.69, 9.17) is 4.74 Å². The Balaban J connectivity index is 2.23. The van der Waals surface area contributed by atoms with Gasteiger partial charge in [-0.15, -0.1) is 0 Å². The van der Waals surface area contributed by atoms with Crippen LogP contribution in [0.1, 0.15) is 15.9 Å². The van der Waals surface area contributed by atoms with E-state index >= 15 is 0 Å². The second kappa shape index (κ2) is 6.31. The SMILES string of the molecule is O=C(c1ccc(F)c(C(F)(F)F)c1)N1CCOC(CBr)C1. The summed E-state index contributed by atoms with van der Waals surface area (Å²) in [5, 5.41) is 0.522. The summed E-state index contributed by atoms with van der Waals surface area (Å²) in [4.78, 5) is 13.6. The van der Waals surface area contributed by atoms with Crippen LogP contribution in [0, 0.1) is 5.82 Å². The van der Waals surface area contributed by atoms with Crippen molar-refractivity contribution in [3.05, 3.63) is 35.1 Å². The molecule has 8 heteroatoms. The third kappa shape index (κ3) is 3.74. The molecule has 21 heavy (non-hydrogen) atoms. The zero-order valence-electron chi connectivity index (χ0n) is 10.8. The quantitative estimate of drug-likeness (QED) is 0.592. The minimum atomic E-state index is -4.83. The molecule has 0 bridgehead atoms. The van der Waals surface area contributed by atoms with Gasteiger partial charge in [-0.2, -0.15) is 13.2 Å². The van der Waals surface area contributed by atoms with Gasteiger partial charge in [0.2, 0.25) is 0 Å². The van der Waals surface area contributed by atoms with E-state index in [1.54, 1.807) is 0 Å². The molecule has 0 aromatic heterocycles. The highest BCUT2D eigenvalue weighted by molar-refractivity contribution is 9.09. The number of carbonyl (C=O) groups excluding carboxylic acids is 1. The molecule has 1 heterocycles. The Morgan fingerprint density at radius 2 is 2.14 bits per heavy atom. The molecule has 1 aliphatic heterocycles. The van der Waals surface area contributed by atoms with Crippen molar-refractivity contribution in [1.29, 1.82) is 0 Å². The minimum Gasteiger partial charge on any atom is -0.374 e. The fourth-order valence-corrected chi connectivity index (χ4v) is 2.45. The van der Waals surface area contributed by atoms with Gasteiger partial charge in [-0.1, -0.05) is 15.9 Å². The van der Waals surface area contributed by atoms with Crippen molar-refractivity contribution in [2.24, 2.45) is 0 Å². The molecule has 0 saturated carbocycles. The highest BCUT2D eigenvalue weighted by Gasteiger charge is 2.35. The maximum atomic E-state index is 13.2. The maximum absolute atomic E-state index is 13.2. The van der Waals surface area contributed by atoms with Crippen LogP contribution < -0.4 is 0 Å². The largest absolute Gasteiger partial charge is 0.419 e. The molecule has 1 aliphatic rings. The van der Waals surface area contributed by atoms with Crippen molar-refractivity contribution in [1.82, 2.24) is 4.90 Å². The van der Waals surface area contributed by atoms with Gasteiger partial charge in [0, 0.05) is 24.0 Å². The van der Waals surface area contributed by atoms with Crippen LogP contribution in [0.2, 0.25) is 0 Å². The lowest BCUT2D eigenvalue weighted by Gasteiger charge is -2.32. The van der Waals surface area contributed by atoms with Crippen LogP contribution in [-0.2, 0) is 10.9 Å². The smallest absolute Gasteiger partial charge is 0.374 e. The molecule has 1 amide bonds. The number of morpholine rings is 1. The van der Waals surface area contributed by atoms with Crippen LogP contribution >= 0.6 is 15.9 Å². The highest BCUT2D eigenvalue weighted by atomic mass is 79.9. The first-order chi connectivity index (χ1) is 9.82. The number of hydrogen-bond acceptors (Lipinski definition) is 2. The van der Waals surface area contributed by atoms with E-state index in [0.29, 0.717) is 30.6 Å². The Labute approximate surface area is 127 Å². The number of benzene rings is 1. The maximum Gasteiger partial charge on any atom is 0.419 e. The van der Waals surface area contributed by atoms with Crippen molar-refractivity contribution >= 4 is 21.8 Å². The number of alkyl halides is 4. The van der Waals surface area contributed by atoms with Gasteiger partial charge >= 0.3 is 6.18 Å². The van der Waals surface area contributed by atoms with Gasteiger partial charge in [-0.3, -0.25) is 4.79 Å². The second-order valence-electron chi connectivity index (χ2n) is 4.59. The number of hydrogen-bond donors (Lipinski definition) is 0. The van der Waals surface area contributed by atoms with Crippen LogP contribution in [0.3, 0.4) is 0 Å². The van der Waals surface area contributed by atoms with Gasteiger partial charge in [-0.05, 0) is 18.2 Å². The predicted molar refractivity (Wildman–Crippen MR) is 70.8 cm³/mol. The Hall–Kier alpha value is -1.15. The van der Waals surface area contributed by atoms with Gasteiger partial charge < -0.3 is 9.64 Å². The topological polar surface area (TPSA) is 29.5 Å². The molecular weight excluding hydrogens is 358 g/mol. The first-order valence-electron chi connectivity index (χ1n) is 6.16. The number of ether oxygens (including phenoxy) is 1. The summed E-state index contributed by atoms with van der Waals surface area (Å²) >= 11 is 3.23. The monoisotopic (exact) mass is 369 g/mol. The van der Waals surface area contributed by atoms with Gasteiger partial charge in [0.05, 0.1) is 18.3 Å². The molecule has 0 aliphatic carbocycles. The van der Waals surface area contributed by atoms with Crippen LogP contribution in [0.5, 0.6) is 0 Å². The average molecular weight is 370 g/mol. The predicted octanol–water partition coefficient (Wildman–Crippen LogP) is 3.08. The highest BCUT2D eigenvalue weighted by Crippen LogP contribution is 2.32. The Bertz CT molecular complexity index is 535. The van der Waals surface area contributed by atoms with E-state index in [9.17, 15) is 22.4 Å². The zero-order chi connectivity index (χ0) is 15.6. The van der Waals surface area contributed by atoms with Crippen molar-refractivity contribution in [2.45, 2.75) is 12.3 Å². The van der Waals surface area contributed by atoms with E-state index in [0.717, 1.165) is 6.07 Å². The summed E-state index contributed by atoms with van der Waals surface area (Å²) in [7, 11) is 0. The average Bonchev–Trinajstić information content (AvgIpc) is 2.46. The molecule has 0 N–H and O–H groups in total. The third-order valence-electron chi connectivity index (χ3n) is 3.12. The van der Waals surface area contributed by atoms with Crippen LogP contribution in [-0.4, -0.2) is 41.9 Å². The van der Waals surface area contributed by atoms with Gasteiger partial charge in [0.25, 0.3) is 5.91 Å². The molecule has 1 saturated heterocycles. The molecule has 1 unspecified atom stereocenters. The molecule has 1 aromatic rings. The minimum absolute atomic E-state index is 0.182. The molecular formula is C13H12BrF4NO2. The Kier molecular flexibility index (Phi) is 4.88. The first kappa shape index (κ1) is 16.2. The number of carbonyl (C=O) groups is 1. The van der Waals surface area contributed by atoms with Gasteiger partial charge in [0.15, 0.2) is 0 Å². The normalized spacial score (nSPS) is 19.7. The molecule has 116 valence electrons. The van der Waals surface area contributed by atoms with Gasteiger partial charge in [0.1, 0.15) is 5.82 Å². The van der Waals surface area contributed by atoms with Crippen LogP contribution in [0.25, 0.3) is 0 Å². The molecule has 0 radical (unpaired) electrons. The lowest BCUT2D eigenvalue weighted by molar-refractivity contribution is -0.140. The third-order valence-corrected chi connectivity index (χ3v) is 3.84. The van der Waals surface area contributed by atoms with E-state index in [1.807, 2.05) is 0 Å². The van der Waals surface area contributed by atoms with Crippen LogP contribution in [0.15, 0.2) is 18.2 Å². The van der Waals surface area contributed by atoms with E-state index < -0.39 is 23.5 Å². The van der Waals surface area contributed by atoms with Crippen LogP contribution in [0.4, 0.5) is 17.6 Å². The summed E-state index contributed by atoms with van der Waals surface area (Å²) in [6.07, 6.45) is -5.03. The van der Waals surface area contributed by atoms with Crippen molar-refractivity contribution in [3.63, 3.8) is 0 Å². The number of halogens is 5. The van der Waals surface area contributed by atoms with Crippen molar-refractivity contribution in [3.8, 4) is 0 Å². The molecule has 2 rings (SSSR count). The number of rotatable bonds is 2. The standard InChI is InChI=1S/C13H12BrF4NO2/c14-6-9-7-19(3-4-21-9)12(20)8-1-2-11(15)10(5-8)13(16,17)18/h1-2,5,9H,3-4,6-7H2. The van der Waals surface area contributed by atoms with Gasteiger partial charge in [-0.25, -0.2) is 4.39 Å². The molecule has 3 nitrogen and oxygen atoms in total. The zero-order valence-corrected chi connectivity index (χ0v) is 12.4. The van der Waals surface area contributed by atoms with E-state index in [2.05, 4.69) is 15.9 Å². The Morgan fingerprint density at radius 3 is 2.76 bits per heavy atom. The molecule has 1 fully saturated rings. The second-order valence-corrected chi connectivity index (χ2v) is 5.24. The van der Waals surface area contributed by atoms with Crippen molar-refractivity contribution < 1.29 is 27.1 Å². The fraction of sp³-hybridized carbons (Fsp3) is 0.462. The summed E-state index contributed by atoms with van der Waals surface area (Å²) in [6, 6.07) is 2.28.